The fourth-order valence-electron chi connectivity index (χ4n) is 2.86. The van der Waals surface area contributed by atoms with Crippen molar-refractivity contribution >= 4 is 24.8 Å². The molecule has 4 nitrogen and oxygen atoms in total. The molecular weight excluding hydrogens is 295 g/mol. The van der Waals surface area contributed by atoms with Crippen molar-refractivity contribution in [1.29, 1.82) is 0 Å². The number of rotatable bonds is 5. The minimum atomic E-state index is 0. The van der Waals surface area contributed by atoms with E-state index in [-0.39, 0.29) is 24.8 Å². The lowest BCUT2D eigenvalue weighted by Crippen LogP contribution is -2.43. The summed E-state index contributed by atoms with van der Waals surface area (Å²) in [7, 11) is 0. The van der Waals surface area contributed by atoms with Crippen LogP contribution in [0.4, 0.5) is 0 Å². The SMILES string of the molecule is CCc1nccn1CC(C)NC1CCC(N)CC1.Cl.Cl. The third kappa shape index (κ3) is 5.60. The molecular formula is C14H28Cl2N4. The number of hydrogen-bond donors (Lipinski definition) is 2. The first-order chi connectivity index (χ1) is 8.69. The van der Waals surface area contributed by atoms with Gasteiger partial charge in [0.05, 0.1) is 0 Å². The molecule has 0 saturated heterocycles. The Hall–Kier alpha value is -0.290. The van der Waals surface area contributed by atoms with Gasteiger partial charge >= 0.3 is 0 Å². The van der Waals surface area contributed by atoms with E-state index in [0.717, 1.165) is 25.8 Å². The monoisotopic (exact) mass is 322 g/mol. The van der Waals surface area contributed by atoms with Crippen molar-refractivity contribution in [2.45, 2.75) is 70.6 Å². The molecule has 0 radical (unpaired) electrons. The van der Waals surface area contributed by atoms with Gasteiger partial charge in [0.25, 0.3) is 0 Å². The van der Waals surface area contributed by atoms with Crippen molar-refractivity contribution in [2.75, 3.05) is 0 Å². The molecule has 0 bridgehead atoms. The summed E-state index contributed by atoms with van der Waals surface area (Å²) in [5.41, 5.74) is 5.94. The number of imidazole rings is 1. The maximum absolute atomic E-state index is 5.94. The second-order valence-corrected chi connectivity index (χ2v) is 5.53. The van der Waals surface area contributed by atoms with E-state index in [2.05, 4.69) is 34.9 Å². The molecule has 1 saturated carbocycles. The van der Waals surface area contributed by atoms with Crippen LogP contribution in [-0.4, -0.2) is 27.7 Å². The highest BCUT2D eigenvalue weighted by atomic mass is 35.5. The average molecular weight is 323 g/mol. The molecule has 0 spiro atoms. The molecule has 0 aromatic carbocycles. The summed E-state index contributed by atoms with van der Waals surface area (Å²) in [6, 6.07) is 1.57. The lowest BCUT2D eigenvalue weighted by molar-refractivity contribution is 0.307. The van der Waals surface area contributed by atoms with Crippen LogP contribution in [0, 0.1) is 0 Å². The van der Waals surface area contributed by atoms with E-state index in [1.54, 1.807) is 0 Å². The van der Waals surface area contributed by atoms with E-state index in [0.29, 0.717) is 18.1 Å². The van der Waals surface area contributed by atoms with Crippen molar-refractivity contribution in [3.05, 3.63) is 18.2 Å². The molecule has 1 fully saturated rings. The van der Waals surface area contributed by atoms with Gasteiger partial charge in [-0.05, 0) is 32.6 Å². The van der Waals surface area contributed by atoms with Crippen molar-refractivity contribution in [3.63, 3.8) is 0 Å². The zero-order chi connectivity index (χ0) is 13.0. The maximum atomic E-state index is 5.94. The molecule has 3 N–H and O–H groups in total. The van der Waals surface area contributed by atoms with Crippen LogP contribution in [0.2, 0.25) is 0 Å². The van der Waals surface area contributed by atoms with Gasteiger partial charge in [-0.1, -0.05) is 6.92 Å². The Kier molecular flexibility index (Phi) is 9.47. The van der Waals surface area contributed by atoms with Crippen LogP contribution in [0.15, 0.2) is 12.4 Å². The molecule has 2 rings (SSSR count). The molecule has 0 aliphatic heterocycles. The zero-order valence-corrected chi connectivity index (χ0v) is 14.1. The number of hydrogen-bond acceptors (Lipinski definition) is 3. The molecule has 1 heterocycles. The van der Waals surface area contributed by atoms with Gasteiger partial charge in [-0.15, -0.1) is 24.8 Å². The molecule has 1 aliphatic rings. The Morgan fingerprint density at radius 3 is 2.60 bits per heavy atom. The summed E-state index contributed by atoms with van der Waals surface area (Å²) in [6.45, 7) is 5.42. The number of nitrogens with two attached hydrogens (primary N) is 1. The van der Waals surface area contributed by atoms with Crippen molar-refractivity contribution in [3.8, 4) is 0 Å². The van der Waals surface area contributed by atoms with Crippen molar-refractivity contribution < 1.29 is 0 Å². The molecule has 1 aromatic heterocycles. The molecule has 1 aliphatic carbocycles. The van der Waals surface area contributed by atoms with Crippen LogP contribution in [0.25, 0.3) is 0 Å². The molecule has 20 heavy (non-hydrogen) atoms. The van der Waals surface area contributed by atoms with Gasteiger partial charge < -0.3 is 15.6 Å². The standard InChI is InChI=1S/C14H26N4.2ClH/c1-3-14-16-8-9-18(14)10-11(2)17-13-6-4-12(15)5-7-13;;/h8-9,11-13,17H,3-7,10,15H2,1-2H3;2*1H. The van der Waals surface area contributed by atoms with Gasteiger partial charge in [0.1, 0.15) is 5.82 Å². The van der Waals surface area contributed by atoms with Crippen LogP contribution in [0.1, 0.15) is 45.4 Å². The zero-order valence-electron chi connectivity index (χ0n) is 12.4. The van der Waals surface area contributed by atoms with E-state index < -0.39 is 0 Å². The minimum Gasteiger partial charge on any atom is -0.333 e. The van der Waals surface area contributed by atoms with Gasteiger partial charge in [0.15, 0.2) is 0 Å². The van der Waals surface area contributed by atoms with Gasteiger partial charge in [0, 0.05) is 43.5 Å². The Labute approximate surface area is 134 Å². The number of nitrogens with zero attached hydrogens (tertiary/aromatic N) is 2. The molecule has 1 atom stereocenters. The second kappa shape index (κ2) is 9.61. The van der Waals surface area contributed by atoms with Gasteiger partial charge in [-0.25, -0.2) is 4.98 Å². The van der Waals surface area contributed by atoms with Crippen molar-refractivity contribution in [1.82, 2.24) is 14.9 Å². The lowest BCUT2D eigenvalue weighted by atomic mass is 9.91. The van der Waals surface area contributed by atoms with Gasteiger partial charge in [-0.2, -0.15) is 0 Å². The summed E-state index contributed by atoms with van der Waals surface area (Å²) in [5.74, 6) is 1.18. The summed E-state index contributed by atoms with van der Waals surface area (Å²) in [5, 5.41) is 3.72. The van der Waals surface area contributed by atoms with Crippen molar-refractivity contribution in [2.24, 2.45) is 5.73 Å². The number of halogens is 2. The third-order valence-electron chi connectivity index (χ3n) is 3.88. The first-order valence-electron chi connectivity index (χ1n) is 7.20. The number of nitrogens with one attached hydrogen (secondary N) is 1. The summed E-state index contributed by atoms with van der Waals surface area (Å²) in [4.78, 5) is 4.36. The second-order valence-electron chi connectivity index (χ2n) is 5.53. The molecule has 0 amide bonds. The first-order valence-corrected chi connectivity index (χ1v) is 7.20. The van der Waals surface area contributed by atoms with Gasteiger partial charge in [-0.3, -0.25) is 0 Å². The topological polar surface area (TPSA) is 55.9 Å². The average Bonchev–Trinajstić information content (AvgIpc) is 2.79. The summed E-state index contributed by atoms with van der Waals surface area (Å²) in [6.07, 6.45) is 9.73. The van der Waals surface area contributed by atoms with Gasteiger partial charge in [0.2, 0.25) is 0 Å². The minimum absolute atomic E-state index is 0. The molecule has 118 valence electrons. The van der Waals surface area contributed by atoms with E-state index in [1.807, 2.05) is 6.20 Å². The maximum Gasteiger partial charge on any atom is 0.108 e. The molecule has 1 aromatic rings. The Balaban J connectivity index is 0.00000180. The Morgan fingerprint density at radius 1 is 1.35 bits per heavy atom. The normalized spacial score (nSPS) is 23.6. The highest BCUT2D eigenvalue weighted by Crippen LogP contribution is 2.17. The number of aromatic nitrogens is 2. The molecule has 6 heteroatoms. The van der Waals surface area contributed by atoms with E-state index in [9.17, 15) is 0 Å². The largest absolute Gasteiger partial charge is 0.333 e. The lowest BCUT2D eigenvalue weighted by Gasteiger charge is -2.29. The highest BCUT2D eigenvalue weighted by molar-refractivity contribution is 5.85. The quantitative estimate of drug-likeness (QED) is 0.875. The van der Waals surface area contributed by atoms with Crippen LogP contribution in [0.3, 0.4) is 0 Å². The highest BCUT2D eigenvalue weighted by Gasteiger charge is 2.19. The summed E-state index contributed by atoms with van der Waals surface area (Å²) < 4.78 is 2.26. The van der Waals surface area contributed by atoms with E-state index >= 15 is 0 Å². The Morgan fingerprint density at radius 2 is 2.00 bits per heavy atom. The number of aryl methyl sites for hydroxylation is 1. The Bertz CT molecular complexity index is 362. The summed E-state index contributed by atoms with van der Waals surface area (Å²) >= 11 is 0. The predicted molar refractivity (Wildman–Crippen MR) is 88.9 cm³/mol. The van der Waals surface area contributed by atoms with Crippen LogP contribution in [-0.2, 0) is 13.0 Å². The van der Waals surface area contributed by atoms with Crippen LogP contribution in [0.5, 0.6) is 0 Å². The molecule has 1 unspecified atom stereocenters. The van der Waals surface area contributed by atoms with Crippen LogP contribution < -0.4 is 11.1 Å². The predicted octanol–water partition coefficient (Wildman–Crippen LogP) is 2.54. The smallest absolute Gasteiger partial charge is 0.108 e. The van der Waals surface area contributed by atoms with E-state index in [4.69, 9.17) is 5.73 Å². The third-order valence-corrected chi connectivity index (χ3v) is 3.88. The van der Waals surface area contributed by atoms with E-state index in [1.165, 1.54) is 18.7 Å². The fourth-order valence-corrected chi connectivity index (χ4v) is 2.86. The fraction of sp³-hybridized carbons (Fsp3) is 0.786. The first kappa shape index (κ1) is 19.7. The van der Waals surface area contributed by atoms with Crippen LogP contribution >= 0.6 is 24.8 Å².